The SMILES string of the molecule is CCC(=CCn1ccnc1-c1cccs1)C(=O)O. The summed E-state index contributed by atoms with van der Waals surface area (Å²) >= 11 is 1.62. The van der Waals surface area contributed by atoms with Crippen LogP contribution in [-0.4, -0.2) is 20.6 Å². The first kappa shape index (κ1) is 12.6. The minimum atomic E-state index is -0.852. The molecule has 1 N–H and O–H groups in total. The Morgan fingerprint density at radius 3 is 3.06 bits per heavy atom. The fraction of sp³-hybridized carbons (Fsp3) is 0.231. The predicted octanol–water partition coefficient (Wildman–Crippen LogP) is 3.03. The zero-order valence-corrected chi connectivity index (χ0v) is 10.9. The fourth-order valence-electron chi connectivity index (χ4n) is 1.68. The minimum absolute atomic E-state index is 0.431. The molecule has 0 saturated heterocycles. The highest BCUT2D eigenvalue weighted by molar-refractivity contribution is 7.13. The van der Waals surface area contributed by atoms with E-state index in [-0.39, 0.29) is 0 Å². The number of nitrogens with zero attached hydrogens (tertiary/aromatic N) is 2. The van der Waals surface area contributed by atoms with E-state index in [4.69, 9.17) is 5.11 Å². The van der Waals surface area contributed by atoms with Gasteiger partial charge in [0.05, 0.1) is 4.88 Å². The summed E-state index contributed by atoms with van der Waals surface area (Å²) in [6.45, 7) is 2.37. The maximum atomic E-state index is 10.9. The molecule has 94 valence electrons. The Balaban J connectivity index is 2.21. The molecular formula is C13H14N2O2S. The lowest BCUT2D eigenvalue weighted by Gasteiger charge is -2.04. The van der Waals surface area contributed by atoms with Crippen molar-refractivity contribution >= 4 is 17.3 Å². The number of aromatic nitrogens is 2. The Morgan fingerprint density at radius 2 is 2.44 bits per heavy atom. The van der Waals surface area contributed by atoms with E-state index in [9.17, 15) is 4.79 Å². The number of thiophene rings is 1. The van der Waals surface area contributed by atoms with Crippen LogP contribution in [0.4, 0.5) is 0 Å². The second-order valence-corrected chi connectivity index (χ2v) is 4.72. The van der Waals surface area contributed by atoms with E-state index >= 15 is 0 Å². The van der Waals surface area contributed by atoms with E-state index in [0.29, 0.717) is 18.5 Å². The molecule has 0 saturated carbocycles. The van der Waals surface area contributed by atoms with E-state index < -0.39 is 5.97 Å². The number of imidazole rings is 1. The van der Waals surface area contributed by atoms with Crippen molar-refractivity contribution in [3.8, 4) is 10.7 Å². The van der Waals surface area contributed by atoms with Crippen molar-refractivity contribution in [3.63, 3.8) is 0 Å². The van der Waals surface area contributed by atoms with Crippen LogP contribution < -0.4 is 0 Å². The van der Waals surface area contributed by atoms with Crippen LogP contribution in [0, 0.1) is 0 Å². The van der Waals surface area contributed by atoms with Crippen LogP contribution in [0.25, 0.3) is 10.7 Å². The van der Waals surface area contributed by atoms with Gasteiger partial charge in [-0.05, 0) is 17.9 Å². The Morgan fingerprint density at radius 1 is 1.61 bits per heavy atom. The number of hydrogen-bond acceptors (Lipinski definition) is 3. The van der Waals surface area contributed by atoms with Gasteiger partial charge in [-0.1, -0.05) is 19.1 Å². The van der Waals surface area contributed by atoms with Gasteiger partial charge in [0.2, 0.25) is 0 Å². The van der Waals surface area contributed by atoms with Crippen molar-refractivity contribution in [1.82, 2.24) is 9.55 Å². The van der Waals surface area contributed by atoms with E-state index in [1.807, 2.05) is 35.2 Å². The molecule has 2 aromatic heterocycles. The Labute approximate surface area is 109 Å². The van der Waals surface area contributed by atoms with Crippen LogP contribution in [-0.2, 0) is 11.3 Å². The minimum Gasteiger partial charge on any atom is -0.478 e. The largest absolute Gasteiger partial charge is 0.478 e. The van der Waals surface area contributed by atoms with Crippen molar-refractivity contribution in [2.75, 3.05) is 0 Å². The monoisotopic (exact) mass is 262 g/mol. The third kappa shape index (κ3) is 2.68. The molecule has 0 radical (unpaired) electrons. The molecule has 4 nitrogen and oxygen atoms in total. The summed E-state index contributed by atoms with van der Waals surface area (Å²) in [6.07, 6.45) is 5.86. The Hall–Kier alpha value is -1.88. The molecular weight excluding hydrogens is 248 g/mol. The number of rotatable bonds is 5. The molecule has 0 aliphatic carbocycles. The molecule has 0 unspecified atom stereocenters. The first-order valence-corrected chi connectivity index (χ1v) is 6.57. The third-order valence-corrected chi connectivity index (χ3v) is 3.51. The summed E-state index contributed by atoms with van der Waals surface area (Å²) < 4.78 is 1.95. The van der Waals surface area contributed by atoms with E-state index in [1.54, 1.807) is 23.6 Å². The van der Waals surface area contributed by atoms with Gasteiger partial charge in [-0.25, -0.2) is 9.78 Å². The molecule has 2 aromatic rings. The molecule has 18 heavy (non-hydrogen) atoms. The summed E-state index contributed by atoms with van der Waals surface area (Å²) in [5.74, 6) is 0.0254. The lowest BCUT2D eigenvalue weighted by atomic mass is 10.2. The van der Waals surface area contributed by atoms with E-state index in [0.717, 1.165) is 10.7 Å². The number of allylic oxidation sites excluding steroid dienone is 1. The average Bonchev–Trinajstić information content (AvgIpc) is 2.99. The lowest BCUT2D eigenvalue weighted by Crippen LogP contribution is -2.03. The van der Waals surface area contributed by atoms with Crippen molar-refractivity contribution in [2.45, 2.75) is 19.9 Å². The molecule has 0 fully saturated rings. The molecule has 0 bridgehead atoms. The van der Waals surface area contributed by atoms with Crippen LogP contribution in [0.1, 0.15) is 13.3 Å². The van der Waals surface area contributed by atoms with Crippen molar-refractivity contribution < 1.29 is 9.90 Å². The molecule has 0 aliphatic rings. The van der Waals surface area contributed by atoms with Gasteiger partial charge >= 0.3 is 5.97 Å². The summed E-state index contributed by atoms with van der Waals surface area (Å²) in [4.78, 5) is 16.3. The Kier molecular flexibility index (Phi) is 3.94. The molecule has 5 heteroatoms. The zero-order chi connectivity index (χ0) is 13.0. The number of hydrogen-bond donors (Lipinski definition) is 1. The predicted molar refractivity (Wildman–Crippen MR) is 71.5 cm³/mol. The van der Waals surface area contributed by atoms with Gasteiger partial charge in [0.25, 0.3) is 0 Å². The second-order valence-electron chi connectivity index (χ2n) is 3.77. The molecule has 0 aromatic carbocycles. The maximum absolute atomic E-state index is 10.9. The molecule has 2 heterocycles. The van der Waals surface area contributed by atoms with Gasteiger partial charge in [0.1, 0.15) is 5.82 Å². The van der Waals surface area contributed by atoms with E-state index in [2.05, 4.69) is 4.98 Å². The normalized spacial score (nSPS) is 11.7. The van der Waals surface area contributed by atoms with Gasteiger partial charge in [0, 0.05) is 24.5 Å². The van der Waals surface area contributed by atoms with Gasteiger partial charge in [-0.15, -0.1) is 11.3 Å². The second kappa shape index (κ2) is 5.64. The first-order chi connectivity index (χ1) is 8.72. The van der Waals surface area contributed by atoms with Gasteiger partial charge in [-0.2, -0.15) is 0 Å². The summed E-state index contributed by atoms with van der Waals surface area (Å²) in [5, 5.41) is 11.0. The molecule has 0 amide bonds. The standard InChI is InChI=1S/C13H14N2O2S/c1-2-10(13(16)17)5-7-15-8-6-14-12(15)11-4-3-9-18-11/h3-6,8-9H,2,7H2,1H3,(H,16,17). The number of carbonyl (C=O) groups is 1. The maximum Gasteiger partial charge on any atom is 0.331 e. The topological polar surface area (TPSA) is 55.1 Å². The Bertz CT molecular complexity index is 555. The fourth-order valence-corrected chi connectivity index (χ4v) is 2.42. The molecule has 0 aliphatic heterocycles. The summed E-state index contributed by atoms with van der Waals surface area (Å²) in [7, 11) is 0. The van der Waals surface area contributed by atoms with Gasteiger partial charge < -0.3 is 9.67 Å². The smallest absolute Gasteiger partial charge is 0.331 e. The summed E-state index contributed by atoms with van der Waals surface area (Å²) in [5.41, 5.74) is 0.431. The van der Waals surface area contributed by atoms with Crippen LogP contribution in [0.2, 0.25) is 0 Å². The van der Waals surface area contributed by atoms with Gasteiger partial charge in [-0.3, -0.25) is 0 Å². The van der Waals surface area contributed by atoms with Crippen molar-refractivity contribution in [2.24, 2.45) is 0 Å². The van der Waals surface area contributed by atoms with Crippen LogP contribution >= 0.6 is 11.3 Å². The molecule has 0 atom stereocenters. The number of carboxylic acid groups (broad SMARTS) is 1. The van der Waals surface area contributed by atoms with Crippen LogP contribution in [0.3, 0.4) is 0 Å². The highest BCUT2D eigenvalue weighted by Gasteiger charge is 2.07. The third-order valence-electron chi connectivity index (χ3n) is 2.65. The molecule has 2 rings (SSSR count). The number of carboxylic acids is 1. The average molecular weight is 262 g/mol. The zero-order valence-electron chi connectivity index (χ0n) is 10.0. The highest BCUT2D eigenvalue weighted by Crippen LogP contribution is 2.22. The lowest BCUT2D eigenvalue weighted by molar-refractivity contribution is -0.132. The summed E-state index contributed by atoms with van der Waals surface area (Å²) in [6, 6.07) is 3.98. The number of aliphatic carboxylic acids is 1. The van der Waals surface area contributed by atoms with E-state index in [1.165, 1.54) is 0 Å². The quantitative estimate of drug-likeness (QED) is 0.843. The van der Waals surface area contributed by atoms with Crippen molar-refractivity contribution in [3.05, 3.63) is 41.6 Å². The first-order valence-electron chi connectivity index (χ1n) is 5.69. The van der Waals surface area contributed by atoms with Crippen LogP contribution in [0.15, 0.2) is 41.6 Å². The van der Waals surface area contributed by atoms with Gasteiger partial charge in [0.15, 0.2) is 0 Å². The highest BCUT2D eigenvalue weighted by atomic mass is 32.1. The van der Waals surface area contributed by atoms with Crippen LogP contribution in [0.5, 0.6) is 0 Å². The van der Waals surface area contributed by atoms with Crippen molar-refractivity contribution in [1.29, 1.82) is 0 Å². The molecule has 0 spiro atoms.